The van der Waals surface area contributed by atoms with Crippen LogP contribution in [0.25, 0.3) is 0 Å². The van der Waals surface area contributed by atoms with Crippen LogP contribution in [0, 0.1) is 0 Å². The summed E-state index contributed by atoms with van der Waals surface area (Å²) in [5.41, 5.74) is -1.53. The Morgan fingerprint density at radius 3 is 2.65 bits per heavy atom. The molecule has 6 nitrogen and oxygen atoms in total. The van der Waals surface area contributed by atoms with E-state index in [2.05, 4.69) is 13.2 Å². The van der Waals surface area contributed by atoms with E-state index in [1.54, 1.807) is 6.08 Å². The zero-order valence-corrected chi connectivity index (χ0v) is 13.8. The number of rotatable bonds is 10. The fourth-order valence-corrected chi connectivity index (χ4v) is 2.29. The van der Waals surface area contributed by atoms with Crippen LogP contribution in [0.4, 0.5) is 0 Å². The standard InChI is InChI=1S/C17H26O6/c1-4-6-9-14(18)23-17(11-5-2,16(19)20-3)13-22-15-10-7-8-12-21-15/h4-5,15H,1-2,6-13H2,3H3/t15?,17-/m0/s1. The molecule has 130 valence electrons. The third kappa shape index (κ3) is 6.15. The zero-order chi connectivity index (χ0) is 17.1. The van der Waals surface area contributed by atoms with Crippen molar-refractivity contribution >= 4 is 11.9 Å². The van der Waals surface area contributed by atoms with Crippen molar-refractivity contribution in [2.24, 2.45) is 0 Å². The molecule has 0 aromatic heterocycles. The van der Waals surface area contributed by atoms with Gasteiger partial charge in [-0.15, -0.1) is 13.2 Å². The summed E-state index contributed by atoms with van der Waals surface area (Å²) in [6.45, 7) is 7.67. The normalized spacial score (nSPS) is 20.1. The average Bonchev–Trinajstić information content (AvgIpc) is 2.58. The van der Waals surface area contributed by atoms with Crippen molar-refractivity contribution in [1.29, 1.82) is 0 Å². The monoisotopic (exact) mass is 326 g/mol. The highest BCUT2D eigenvalue weighted by atomic mass is 16.7. The Morgan fingerprint density at radius 1 is 1.30 bits per heavy atom. The topological polar surface area (TPSA) is 71.1 Å². The lowest BCUT2D eigenvalue weighted by Gasteiger charge is -2.32. The number of hydrogen-bond donors (Lipinski definition) is 0. The van der Waals surface area contributed by atoms with E-state index in [1.807, 2.05) is 0 Å². The molecule has 0 spiro atoms. The minimum atomic E-state index is -1.53. The molecular formula is C17H26O6. The fraction of sp³-hybridized carbons (Fsp3) is 0.647. The first-order chi connectivity index (χ1) is 11.1. The number of methoxy groups -OCH3 is 1. The lowest BCUT2D eigenvalue weighted by Crippen LogP contribution is -2.49. The summed E-state index contributed by atoms with van der Waals surface area (Å²) in [5.74, 6) is -1.18. The van der Waals surface area contributed by atoms with Gasteiger partial charge in [-0.3, -0.25) is 4.79 Å². The maximum Gasteiger partial charge on any atom is 0.353 e. The second-order valence-corrected chi connectivity index (χ2v) is 5.39. The summed E-state index contributed by atoms with van der Waals surface area (Å²) < 4.78 is 21.4. The van der Waals surface area contributed by atoms with E-state index in [0.717, 1.165) is 19.3 Å². The van der Waals surface area contributed by atoms with Gasteiger partial charge in [0.05, 0.1) is 7.11 Å². The minimum Gasteiger partial charge on any atom is -0.466 e. The Bertz CT molecular complexity index is 413. The molecule has 1 fully saturated rings. The largest absolute Gasteiger partial charge is 0.466 e. The van der Waals surface area contributed by atoms with Crippen LogP contribution < -0.4 is 0 Å². The summed E-state index contributed by atoms with van der Waals surface area (Å²) in [5, 5.41) is 0. The summed E-state index contributed by atoms with van der Waals surface area (Å²) in [6.07, 6.45) is 6.16. The first-order valence-electron chi connectivity index (χ1n) is 7.83. The molecule has 2 atom stereocenters. The van der Waals surface area contributed by atoms with Gasteiger partial charge in [0.2, 0.25) is 5.60 Å². The summed E-state index contributed by atoms with van der Waals surface area (Å²) in [4.78, 5) is 24.2. The number of ether oxygens (including phenoxy) is 4. The van der Waals surface area contributed by atoms with Crippen LogP contribution in [0.5, 0.6) is 0 Å². The SMILES string of the molecule is C=CCCC(=O)O[C@@](CC=C)(COC1CCCCO1)C(=O)OC. The number of allylic oxidation sites excluding steroid dienone is 1. The fourth-order valence-electron chi connectivity index (χ4n) is 2.29. The lowest BCUT2D eigenvalue weighted by atomic mass is 10.0. The smallest absolute Gasteiger partial charge is 0.353 e. The van der Waals surface area contributed by atoms with Gasteiger partial charge >= 0.3 is 11.9 Å². The first-order valence-corrected chi connectivity index (χ1v) is 7.83. The number of carbonyl (C=O) groups is 2. The van der Waals surface area contributed by atoms with Gasteiger partial charge in [0, 0.05) is 19.4 Å². The maximum atomic E-state index is 12.2. The van der Waals surface area contributed by atoms with Crippen molar-refractivity contribution in [3.05, 3.63) is 25.3 Å². The number of esters is 2. The quantitative estimate of drug-likeness (QED) is 0.454. The van der Waals surface area contributed by atoms with E-state index in [9.17, 15) is 9.59 Å². The third-order valence-corrected chi connectivity index (χ3v) is 3.53. The molecule has 1 heterocycles. The molecule has 0 saturated carbocycles. The summed E-state index contributed by atoms with van der Waals surface area (Å²) in [7, 11) is 1.24. The van der Waals surface area contributed by atoms with Crippen molar-refractivity contribution in [1.82, 2.24) is 0 Å². The van der Waals surface area contributed by atoms with Gasteiger partial charge < -0.3 is 18.9 Å². The van der Waals surface area contributed by atoms with Crippen molar-refractivity contribution in [3.63, 3.8) is 0 Å². The highest BCUT2D eigenvalue weighted by Crippen LogP contribution is 2.24. The van der Waals surface area contributed by atoms with E-state index < -0.39 is 23.8 Å². The molecule has 1 saturated heterocycles. The van der Waals surface area contributed by atoms with Crippen LogP contribution in [0.2, 0.25) is 0 Å². The van der Waals surface area contributed by atoms with Crippen LogP contribution in [-0.2, 0) is 28.5 Å². The van der Waals surface area contributed by atoms with Crippen molar-refractivity contribution in [2.75, 3.05) is 20.3 Å². The van der Waals surface area contributed by atoms with Gasteiger partial charge in [-0.25, -0.2) is 4.79 Å². The molecule has 1 aliphatic heterocycles. The van der Waals surface area contributed by atoms with Gasteiger partial charge in [-0.2, -0.15) is 0 Å². The second kappa shape index (κ2) is 10.2. The van der Waals surface area contributed by atoms with E-state index in [-0.39, 0.29) is 19.4 Å². The minimum absolute atomic E-state index is 0.103. The molecule has 0 bridgehead atoms. The maximum absolute atomic E-state index is 12.2. The Morgan fingerprint density at radius 2 is 2.09 bits per heavy atom. The van der Waals surface area contributed by atoms with Crippen molar-refractivity contribution < 1.29 is 28.5 Å². The Hall–Kier alpha value is -1.66. The van der Waals surface area contributed by atoms with Crippen molar-refractivity contribution in [3.8, 4) is 0 Å². The summed E-state index contributed by atoms with van der Waals surface area (Å²) >= 11 is 0. The molecule has 0 aliphatic carbocycles. The van der Waals surface area contributed by atoms with E-state index in [0.29, 0.717) is 13.0 Å². The molecule has 0 aromatic rings. The molecule has 1 aliphatic rings. The second-order valence-electron chi connectivity index (χ2n) is 5.39. The highest BCUT2D eigenvalue weighted by molar-refractivity contribution is 5.84. The van der Waals surface area contributed by atoms with Crippen LogP contribution in [-0.4, -0.2) is 44.2 Å². The Balaban J connectivity index is 2.78. The van der Waals surface area contributed by atoms with E-state index >= 15 is 0 Å². The number of hydrogen-bond acceptors (Lipinski definition) is 6. The van der Waals surface area contributed by atoms with E-state index in [4.69, 9.17) is 18.9 Å². The van der Waals surface area contributed by atoms with Gasteiger partial charge in [-0.05, 0) is 25.7 Å². The molecule has 0 amide bonds. The molecular weight excluding hydrogens is 300 g/mol. The van der Waals surface area contributed by atoms with Crippen LogP contribution in [0.1, 0.15) is 38.5 Å². The van der Waals surface area contributed by atoms with Crippen molar-refractivity contribution in [2.45, 2.75) is 50.4 Å². The zero-order valence-electron chi connectivity index (χ0n) is 13.8. The molecule has 1 rings (SSSR count). The first kappa shape index (κ1) is 19.4. The molecule has 23 heavy (non-hydrogen) atoms. The van der Waals surface area contributed by atoms with Gasteiger partial charge in [-0.1, -0.05) is 12.2 Å². The predicted octanol–water partition coefficient (Wildman–Crippen LogP) is 2.53. The lowest BCUT2D eigenvalue weighted by molar-refractivity contribution is -0.213. The number of carbonyl (C=O) groups excluding carboxylic acids is 2. The van der Waals surface area contributed by atoms with Crippen LogP contribution in [0.3, 0.4) is 0 Å². The van der Waals surface area contributed by atoms with Gasteiger partial charge in [0.15, 0.2) is 6.29 Å². The Labute approximate surface area is 137 Å². The van der Waals surface area contributed by atoms with Crippen LogP contribution in [0.15, 0.2) is 25.3 Å². The van der Waals surface area contributed by atoms with Gasteiger partial charge in [0.25, 0.3) is 0 Å². The highest BCUT2D eigenvalue weighted by Gasteiger charge is 2.44. The third-order valence-electron chi connectivity index (χ3n) is 3.53. The Kier molecular flexibility index (Phi) is 8.58. The summed E-state index contributed by atoms with van der Waals surface area (Å²) in [6, 6.07) is 0. The average molecular weight is 326 g/mol. The molecule has 0 N–H and O–H groups in total. The molecule has 6 heteroatoms. The van der Waals surface area contributed by atoms with Crippen LogP contribution >= 0.6 is 0 Å². The molecule has 0 radical (unpaired) electrons. The van der Waals surface area contributed by atoms with E-state index in [1.165, 1.54) is 13.2 Å². The predicted molar refractivity (Wildman–Crippen MR) is 84.6 cm³/mol. The molecule has 1 unspecified atom stereocenters. The van der Waals surface area contributed by atoms with Gasteiger partial charge in [0.1, 0.15) is 6.61 Å². The molecule has 0 aromatic carbocycles.